The van der Waals surface area contributed by atoms with Crippen molar-refractivity contribution in [2.75, 3.05) is 6.61 Å². The van der Waals surface area contributed by atoms with Gasteiger partial charge in [0.05, 0.1) is 12.7 Å². The van der Waals surface area contributed by atoms with Gasteiger partial charge in [0, 0.05) is 6.20 Å². The minimum atomic E-state index is -0.531. The van der Waals surface area contributed by atoms with Gasteiger partial charge in [0.15, 0.2) is 9.03 Å². The lowest BCUT2D eigenvalue weighted by molar-refractivity contribution is -0.0329. The molecule has 0 aliphatic carbocycles. The molecule has 2 aliphatic rings. The van der Waals surface area contributed by atoms with Crippen LogP contribution in [0.2, 0.25) is 0 Å². The predicted octanol–water partition coefficient (Wildman–Crippen LogP) is 0.223. The van der Waals surface area contributed by atoms with Crippen molar-refractivity contribution >= 4 is 15.1 Å². The zero-order valence-electron chi connectivity index (χ0n) is 10.1. The Morgan fingerprint density at radius 2 is 2.50 bits per heavy atom. The van der Waals surface area contributed by atoms with Gasteiger partial charge in [-0.1, -0.05) is 0 Å². The van der Waals surface area contributed by atoms with E-state index in [9.17, 15) is 4.79 Å². The van der Waals surface area contributed by atoms with Crippen LogP contribution < -0.4 is 11.1 Å². The van der Waals surface area contributed by atoms with Crippen LogP contribution in [0.1, 0.15) is 19.8 Å². The molecule has 0 aromatic carbocycles. The highest BCUT2D eigenvalue weighted by molar-refractivity contribution is 7.24. The zero-order valence-corrected chi connectivity index (χ0v) is 11.1. The van der Waals surface area contributed by atoms with Crippen LogP contribution in [0.25, 0.3) is 0 Å². The number of nitrogens with one attached hydrogen (secondary N) is 1. The van der Waals surface area contributed by atoms with Gasteiger partial charge in [-0.15, -0.1) is 0 Å². The molecular formula is C10H18N3O4P. The predicted molar refractivity (Wildman–Crippen MR) is 66.5 cm³/mol. The molecule has 0 spiro atoms. The number of carbonyl (C=O) groups is 1. The third-order valence-electron chi connectivity index (χ3n) is 3.08. The summed E-state index contributed by atoms with van der Waals surface area (Å²) in [6, 6.07) is -0.247. The third-order valence-corrected chi connectivity index (χ3v) is 3.37. The maximum Gasteiger partial charge on any atom is 0.325 e. The highest BCUT2D eigenvalue weighted by Crippen LogP contribution is 2.26. The maximum absolute atomic E-state index is 11.8. The molecule has 2 rings (SSSR count). The largest absolute Gasteiger partial charge is 0.352 e. The Morgan fingerprint density at radius 3 is 3.22 bits per heavy atom. The Hall–Kier alpha value is -0.720. The molecule has 0 bridgehead atoms. The number of hydrogen-bond acceptors (Lipinski definition) is 5. The average molecular weight is 275 g/mol. The molecule has 1 saturated heterocycles. The first-order chi connectivity index (χ1) is 8.61. The van der Waals surface area contributed by atoms with E-state index in [1.165, 1.54) is 4.90 Å². The van der Waals surface area contributed by atoms with Crippen LogP contribution in [-0.2, 0) is 9.26 Å². The van der Waals surface area contributed by atoms with Gasteiger partial charge in [-0.3, -0.25) is 4.90 Å². The van der Waals surface area contributed by atoms with E-state index < -0.39 is 15.2 Å². The summed E-state index contributed by atoms with van der Waals surface area (Å²) >= 11 is 0. The molecule has 2 amide bonds. The summed E-state index contributed by atoms with van der Waals surface area (Å²) in [4.78, 5) is 21.9. The number of rotatable bonds is 4. The van der Waals surface area contributed by atoms with Crippen LogP contribution in [0.4, 0.5) is 4.79 Å². The zero-order chi connectivity index (χ0) is 13.1. The first-order valence-corrected chi connectivity index (χ1v) is 6.66. The minimum Gasteiger partial charge on any atom is -0.352 e. The Balaban J connectivity index is 1.94. The van der Waals surface area contributed by atoms with Gasteiger partial charge in [0.1, 0.15) is 12.4 Å². The summed E-state index contributed by atoms with van der Waals surface area (Å²) in [5.74, 6) is 0. The second-order valence-electron chi connectivity index (χ2n) is 4.40. The molecule has 0 radical (unpaired) electrons. The molecule has 0 saturated carbocycles. The van der Waals surface area contributed by atoms with Crippen molar-refractivity contribution in [2.24, 2.45) is 5.73 Å². The number of nitrogens with two attached hydrogens (primary N) is 1. The average Bonchev–Trinajstić information content (AvgIpc) is 2.79. The van der Waals surface area contributed by atoms with Crippen LogP contribution >= 0.6 is 9.03 Å². The molecule has 7 nitrogen and oxygen atoms in total. The molecule has 2 heterocycles. The van der Waals surface area contributed by atoms with Crippen molar-refractivity contribution in [3.63, 3.8) is 0 Å². The normalized spacial score (nSPS) is 33.1. The van der Waals surface area contributed by atoms with Crippen molar-refractivity contribution in [3.05, 3.63) is 11.8 Å². The van der Waals surface area contributed by atoms with E-state index in [-0.39, 0.29) is 18.4 Å². The van der Waals surface area contributed by atoms with Crippen molar-refractivity contribution in [1.82, 2.24) is 10.2 Å². The topological polar surface area (TPSA) is 97.0 Å². The van der Waals surface area contributed by atoms with Gasteiger partial charge in [-0.2, -0.15) is 0 Å². The smallest absolute Gasteiger partial charge is 0.325 e. The highest BCUT2D eigenvalue weighted by Gasteiger charge is 2.34. The third kappa shape index (κ3) is 2.99. The van der Waals surface area contributed by atoms with E-state index in [0.29, 0.717) is 6.61 Å². The summed E-state index contributed by atoms with van der Waals surface area (Å²) in [7, 11) is -0.531. The fraction of sp³-hybridized carbons (Fsp3) is 0.700. The van der Waals surface area contributed by atoms with E-state index in [2.05, 4.69) is 5.32 Å². The SMILES string of the molecule is CC1=CN([C@H]2CCC(COPO)O2)C(=O)NC1N. The fourth-order valence-electron chi connectivity index (χ4n) is 2.04. The molecule has 18 heavy (non-hydrogen) atoms. The van der Waals surface area contributed by atoms with E-state index in [4.69, 9.17) is 19.9 Å². The van der Waals surface area contributed by atoms with Crippen molar-refractivity contribution in [3.8, 4) is 0 Å². The van der Waals surface area contributed by atoms with Gasteiger partial charge >= 0.3 is 6.03 Å². The Labute approximate surface area is 107 Å². The number of urea groups is 1. The molecule has 1 fully saturated rings. The summed E-state index contributed by atoms with van der Waals surface area (Å²) in [5, 5.41) is 2.66. The number of amides is 2. The molecule has 4 atom stereocenters. The number of hydrogen-bond donors (Lipinski definition) is 3. The first kappa shape index (κ1) is 13.7. The molecule has 8 heteroatoms. The number of carbonyl (C=O) groups excluding carboxylic acids is 1. The number of nitrogens with zero attached hydrogens (tertiary/aromatic N) is 1. The lowest BCUT2D eigenvalue weighted by atomic mass is 10.2. The second-order valence-corrected chi connectivity index (χ2v) is 4.87. The van der Waals surface area contributed by atoms with Gasteiger partial charge in [-0.25, -0.2) is 4.79 Å². The number of ether oxygens (including phenoxy) is 1. The van der Waals surface area contributed by atoms with Crippen molar-refractivity contribution < 1.29 is 18.9 Å². The molecule has 2 aliphatic heterocycles. The first-order valence-electron chi connectivity index (χ1n) is 5.81. The monoisotopic (exact) mass is 275 g/mol. The van der Waals surface area contributed by atoms with E-state index in [1.807, 2.05) is 6.92 Å². The fourth-order valence-corrected chi connectivity index (χ4v) is 2.30. The van der Waals surface area contributed by atoms with Crippen molar-refractivity contribution in [1.29, 1.82) is 0 Å². The second kappa shape index (κ2) is 5.95. The summed E-state index contributed by atoms with van der Waals surface area (Å²) in [5.41, 5.74) is 6.59. The molecule has 0 aromatic heterocycles. The summed E-state index contributed by atoms with van der Waals surface area (Å²) in [6.45, 7) is 2.21. The maximum atomic E-state index is 11.8. The van der Waals surface area contributed by atoms with Crippen LogP contribution in [0.5, 0.6) is 0 Å². The lowest BCUT2D eigenvalue weighted by Crippen LogP contribution is -2.54. The summed E-state index contributed by atoms with van der Waals surface area (Å²) in [6.07, 6.45) is 2.48. The van der Waals surface area contributed by atoms with Gasteiger partial charge in [0.25, 0.3) is 0 Å². The van der Waals surface area contributed by atoms with Crippen LogP contribution in [0, 0.1) is 0 Å². The minimum absolute atomic E-state index is 0.0771. The van der Waals surface area contributed by atoms with Crippen LogP contribution in [0.3, 0.4) is 0 Å². The van der Waals surface area contributed by atoms with E-state index in [1.54, 1.807) is 6.20 Å². The molecule has 3 unspecified atom stereocenters. The quantitative estimate of drug-likeness (QED) is 0.638. The Morgan fingerprint density at radius 1 is 1.72 bits per heavy atom. The molecule has 102 valence electrons. The van der Waals surface area contributed by atoms with Crippen molar-refractivity contribution in [2.45, 2.75) is 38.3 Å². The van der Waals surface area contributed by atoms with E-state index >= 15 is 0 Å². The molecular weight excluding hydrogens is 257 g/mol. The summed E-state index contributed by atoms with van der Waals surface area (Å²) < 4.78 is 10.6. The Kier molecular flexibility index (Phi) is 4.53. The molecule has 0 aromatic rings. The van der Waals surface area contributed by atoms with Gasteiger partial charge < -0.3 is 25.2 Å². The Bertz CT molecular complexity index is 352. The standard InChI is InChI=1S/C10H18N3O4P/c1-6-4-13(10(14)12-9(6)11)8-3-2-7(17-8)5-16-18-15/h4,7-9,15,18H,2-3,5,11H2,1H3,(H,12,14)/t7?,8-,9?/m1/s1. The van der Waals surface area contributed by atoms with Gasteiger partial charge in [-0.05, 0) is 25.3 Å². The van der Waals surface area contributed by atoms with Crippen LogP contribution in [-0.4, -0.2) is 40.9 Å². The van der Waals surface area contributed by atoms with Crippen LogP contribution in [0.15, 0.2) is 11.8 Å². The molecule has 4 N–H and O–H groups in total. The lowest BCUT2D eigenvalue weighted by Gasteiger charge is -2.32. The highest BCUT2D eigenvalue weighted by atomic mass is 31.1. The van der Waals surface area contributed by atoms with Gasteiger partial charge in [0.2, 0.25) is 0 Å². The van der Waals surface area contributed by atoms with E-state index in [0.717, 1.165) is 18.4 Å².